The maximum atomic E-state index is 13.0. The molecule has 0 radical (unpaired) electrons. The lowest BCUT2D eigenvalue weighted by Gasteiger charge is -2.37. The van der Waals surface area contributed by atoms with Crippen molar-refractivity contribution >= 4 is 30.7 Å². The molecule has 2 aromatic rings. The Kier molecular flexibility index (Phi) is 8.13. The Balaban J connectivity index is 0.00000160. The molecule has 2 aliphatic rings. The Morgan fingerprint density at radius 3 is 2.33 bits per heavy atom. The minimum Gasteiger partial charge on any atom is -0.329 e. The number of halogens is 5. The third kappa shape index (κ3) is 5.25. The van der Waals surface area contributed by atoms with Gasteiger partial charge in [-0.3, -0.25) is 4.79 Å². The molecule has 11 heteroatoms. The molecule has 1 amide bonds. The number of alkyl halides is 3. The monoisotopic (exact) mass is 465 g/mol. The topological polar surface area (TPSA) is 54.3 Å². The fraction of sp³-hybridized carbons (Fsp3) is 0.526. The van der Waals surface area contributed by atoms with Crippen LogP contribution in [0.3, 0.4) is 0 Å². The number of amides is 1. The molecule has 0 aliphatic carbocycles. The maximum absolute atomic E-state index is 13.0. The van der Waals surface area contributed by atoms with E-state index >= 15 is 0 Å². The first-order valence-electron chi connectivity index (χ1n) is 9.47. The number of carbonyl (C=O) groups excluding carboxylic acids is 1. The fourth-order valence-corrected chi connectivity index (χ4v) is 3.98. The van der Waals surface area contributed by atoms with E-state index in [1.807, 2.05) is 4.68 Å². The molecule has 0 bridgehead atoms. The van der Waals surface area contributed by atoms with Gasteiger partial charge in [-0.1, -0.05) is 12.1 Å². The lowest BCUT2D eigenvalue weighted by Crippen LogP contribution is -2.47. The van der Waals surface area contributed by atoms with Crippen molar-refractivity contribution in [1.29, 1.82) is 0 Å². The Morgan fingerprint density at radius 2 is 1.70 bits per heavy atom. The van der Waals surface area contributed by atoms with Gasteiger partial charge in [-0.15, -0.1) is 24.8 Å². The summed E-state index contributed by atoms with van der Waals surface area (Å²) in [4.78, 5) is 21.5. The number of hydrogen-bond donors (Lipinski definition) is 0. The average molecular weight is 466 g/mol. The molecule has 1 fully saturated rings. The summed E-state index contributed by atoms with van der Waals surface area (Å²) in [5.74, 6) is 0.678. The third-order valence-corrected chi connectivity index (χ3v) is 5.46. The van der Waals surface area contributed by atoms with Crippen LogP contribution in [0.15, 0.2) is 30.6 Å². The predicted octanol–water partition coefficient (Wildman–Crippen LogP) is 3.36. The second-order valence-corrected chi connectivity index (χ2v) is 7.32. The largest absolute Gasteiger partial charge is 0.416 e. The zero-order valence-electron chi connectivity index (χ0n) is 16.2. The van der Waals surface area contributed by atoms with Crippen molar-refractivity contribution in [3.05, 3.63) is 47.5 Å². The maximum Gasteiger partial charge on any atom is 0.416 e. The highest BCUT2D eigenvalue weighted by Crippen LogP contribution is 2.30. The fourth-order valence-electron chi connectivity index (χ4n) is 3.98. The van der Waals surface area contributed by atoms with Crippen LogP contribution in [0.1, 0.15) is 35.8 Å². The van der Waals surface area contributed by atoms with Gasteiger partial charge in [0.25, 0.3) is 0 Å². The van der Waals surface area contributed by atoms with Gasteiger partial charge in [-0.25, -0.2) is 9.67 Å². The summed E-state index contributed by atoms with van der Waals surface area (Å²) in [5, 5.41) is 4.23. The average Bonchev–Trinajstić information content (AvgIpc) is 3.33. The number of likely N-dealkylation sites (tertiary alicyclic amines) is 1. The number of nitrogens with zero attached hydrogens (tertiary/aromatic N) is 5. The molecule has 0 N–H and O–H groups in total. The quantitative estimate of drug-likeness (QED) is 0.694. The molecular formula is C19H24Cl2F3N5O. The van der Waals surface area contributed by atoms with E-state index in [2.05, 4.69) is 15.0 Å². The van der Waals surface area contributed by atoms with Gasteiger partial charge in [-0.05, 0) is 43.6 Å². The first-order chi connectivity index (χ1) is 13.4. The van der Waals surface area contributed by atoms with Gasteiger partial charge in [-0.2, -0.15) is 18.3 Å². The second kappa shape index (κ2) is 9.98. The van der Waals surface area contributed by atoms with Crippen molar-refractivity contribution in [3.8, 4) is 0 Å². The molecule has 166 valence electrons. The van der Waals surface area contributed by atoms with Gasteiger partial charge in [0.05, 0.1) is 18.5 Å². The number of fused-ring (bicyclic) bond motifs is 1. The van der Waals surface area contributed by atoms with Crippen LogP contribution in [0, 0.1) is 0 Å². The Hall–Kier alpha value is -1.84. The van der Waals surface area contributed by atoms with E-state index < -0.39 is 11.7 Å². The van der Waals surface area contributed by atoms with Crippen LogP contribution in [0.2, 0.25) is 0 Å². The Bertz CT molecular complexity index is 837. The summed E-state index contributed by atoms with van der Waals surface area (Å²) in [5.41, 5.74) is -0.133. The van der Waals surface area contributed by atoms with E-state index in [0.29, 0.717) is 25.2 Å². The lowest BCUT2D eigenvalue weighted by atomic mass is 10.1. The molecule has 30 heavy (non-hydrogen) atoms. The normalized spacial score (nSPS) is 19.0. The van der Waals surface area contributed by atoms with E-state index in [1.54, 1.807) is 4.90 Å². The standard InChI is InChI=1S/C19H22F3N5O.2ClH/c20-19(21,22)15-5-3-14(4-6-15)11-17(28)26-9-10-27-18(23-13-24-27)16(26)12-25-7-1-2-8-25;;/h3-6,13,16H,1-2,7-12H2;2*1H. The molecule has 2 aliphatic heterocycles. The van der Waals surface area contributed by atoms with Crippen LogP contribution in [0.25, 0.3) is 0 Å². The second-order valence-electron chi connectivity index (χ2n) is 7.32. The molecule has 0 spiro atoms. The van der Waals surface area contributed by atoms with Crippen molar-refractivity contribution in [2.24, 2.45) is 0 Å². The summed E-state index contributed by atoms with van der Waals surface area (Å²) >= 11 is 0. The summed E-state index contributed by atoms with van der Waals surface area (Å²) in [6, 6.07) is 4.62. The lowest BCUT2D eigenvalue weighted by molar-refractivity contribution is -0.137. The molecule has 1 aromatic heterocycles. The van der Waals surface area contributed by atoms with Crippen molar-refractivity contribution < 1.29 is 18.0 Å². The molecule has 4 rings (SSSR count). The summed E-state index contributed by atoms with van der Waals surface area (Å²) in [6.07, 6.45) is -0.489. The van der Waals surface area contributed by atoms with Crippen molar-refractivity contribution in [2.75, 3.05) is 26.2 Å². The number of rotatable bonds is 4. The van der Waals surface area contributed by atoms with Crippen LogP contribution < -0.4 is 0 Å². The Labute approximate surface area is 185 Å². The van der Waals surface area contributed by atoms with Gasteiger partial charge in [0, 0.05) is 13.1 Å². The van der Waals surface area contributed by atoms with Crippen molar-refractivity contribution in [2.45, 2.75) is 38.0 Å². The molecular weight excluding hydrogens is 442 g/mol. The van der Waals surface area contributed by atoms with Crippen LogP contribution in [0.4, 0.5) is 13.2 Å². The zero-order chi connectivity index (χ0) is 19.7. The van der Waals surface area contributed by atoms with E-state index in [-0.39, 0.29) is 43.2 Å². The highest BCUT2D eigenvalue weighted by Gasteiger charge is 2.35. The smallest absolute Gasteiger partial charge is 0.329 e. The van der Waals surface area contributed by atoms with Gasteiger partial charge in [0.15, 0.2) is 5.82 Å². The van der Waals surface area contributed by atoms with Crippen molar-refractivity contribution in [1.82, 2.24) is 24.6 Å². The van der Waals surface area contributed by atoms with Crippen LogP contribution >= 0.6 is 24.8 Å². The SMILES string of the molecule is Cl.Cl.O=C(Cc1ccc(C(F)(F)F)cc1)N1CCn2ncnc2C1CN1CCCC1. The first kappa shape index (κ1) is 24.4. The van der Waals surface area contributed by atoms with Gasteiger partial charge in [0.1, 0.15) is 12.4 Å². The summed E-state index contributed by atoms with van der Waals surface area (Å²) in [7, 11) is 0. The molecule has 1 aromatic carbocycles. The van der Waals surface area contributed by atoms with Crippen LogP contribution in [-0.4, -0.2) is 56.7 Å². The first-order valence-corrected chi connectivity index (χ1v) is 9.47. The number of carbonyl (C=O) groups is 1. The highest BCUT2D eigenvalue weighted by atomic mass is 35.5. The molecule has 1 saturated heterocycles. The number of aromatic nitrogens is 3. The molecule has 1 atom stereocenters. The van der Waals surface area contributed by atoms with Crippen LogP contribution in [0.5, 0.6) is 0 Å². The summed E-state index contributed by atoms with van der Waals surface area (Å²) < 4.78 is 40.0. The van der Waals surface area contributed by atoms with Gasteiger partial charge < -0.3 is 9.80 Å². The van der Waals surface area contributed by atoms with Gasteiger partial charge >= 0.3 is 6.18 Å². The Morgan fingerprint density at radius 1 is 1.03 bits per heavy atom. The van der Waals surface area contributed by atoms with E-state index in [1.165, 1.54) is 18.5 Å². The summed E-state index contributed by atoms with van der Waals surface area (Å²) in [6.45, 7) is 3.81. The van der Waals surface area contributed by atoms with E-state index in [0.717, 1.165) is 43.9 Å². The van der Waals surface area contributed by atoms with Gasteiger partial charge in [0.2, 0.25) is 5.91 Å². The number of hydrogen-bond acceptors (Lipinski definition) is 4. The van der Waals surface area contributed by atoms with Crippen molar-refractivity contribution in [3.63, 3.8) is 0 Å². The van der Waals surface area contributed by atoms with Crippen LogP contribution in [-0.2, 0) is 23.9 Å². The molecule has 6 nitrogen and oxygen atoms in total. The minimum atomic E-state index is -4.37. The van der Waals surface area contributed by atoms with E-state index in [9.17, 15) is 18.0 Å². The minimum absolute atomic E-state index is 0. The highest BCUT2D eigenvalue weighted by molar-refractivity contribution is 5.85. The number of benzene rings is 1. The molecule has 3 heterocycles. The third-order valence-electron chi connectivity index (χ3n) is 5.46. The zero-order valence-corrected chi connectivity index (χ0v) is 17.8. The van der Waals surface area contributed by atoms with E-state index in [4.69, 9.17) is 0 Å². The molecule has 1 unspecified atom stereocenters. The predicted molar refractivity (Wildman–Crippen MR) is 110 cm³/mol. The molecule has 0 saturated carbocycles.